The van der Waals surface area contributed by atoms with Gasteiger partial charge in [-0.25, -0.2) is 44.9 Å². The molecule has 9 aromatic heterocycles. The zero-order valence-electron chi connectivity index (χ0n) is 75.7. The number of hydrogen-bond acceptors (Lipinski definition) is 34. The summed E-state index contributed by atoms with van der Waals surface area (Å²) in [6.45, 7) is 13.9. The highest BCUT2D eigenvalue weighted by molar-refractivity contribution is 6.31. The fourth-order valence-corrected chi connectivity index (χ4v) is 17.2. The summed E-state index contributed by atoms with van der Waals surface area (Å²) >= 11 is 6.39. The van der Waals surface area contributed by atoms with Crippen LogP contribution in [0.3, 0.4) is 0 Å². The highest BCUT2D eigenvalue weighted by atomic mass is 35.5. The number of nitrogen functional groups attached to an aromatic ring is 4. The van der Waals surface area contributed by atoms with Gasteiger partial charge in [-0.3, -0.25) is 4.98 Å². The summed E-state index contributed by atoms with van der Waals surface area (Å²) in [7, 11) is 0. The topological polar surface area (TPSA) is 384 Å². The first kappa shape index (κ1) is 99.0. The van der Waals surface area contributed by atoms with Crippen LogP contribution in [0.5, 0.6) is 0 Å². The number of aromatic nitrogens is 14. The van der Waals surface area contributed by atoms with E-state index in [4.69, 9.17) is 92.4 Å². The molecule has 20 rings (SSSR count). The number of halogens is 13. The lowest BCUT2D eigenvalue weighted by Gasteiger charge is -2.35. The van der Waals surface area contributed by atoms with Crippen molar-refractivity contribution in [2.24, 2.45) is 0 Å². The number of hydrogen-bond donors (Lipinski definition) is 4. The molecular formula is C94H97ClF12N26O8. The van der Waals surface area contributed by atoms with Crippen molar-refractivity contribution in [1.82, 2.24) is 69.8 Å². The Balaban J connectivity index is 0.000000130. The second-order valence-corrected chi connectivity index (χ2v) is 33.7. The van der Waals surface area contributed by atoms with Crippen molar-refractivity contribution >= 4 is 82.1 Å². The van der Waals surface area contributed by atoms with Crippen LogP contribution in [0.15, 0.2) is 177 Å². The van der Waals surface area contributed by atoms with Gasteiger partial charge in [0.2, 0.25) is 29.7 Å². The second-order valence-electron chi connectivity index (χ2n) is 33.3. The van der Waals surface area contributed by atoms with Gasteiger partial charge in [0, 0.05) is 205 Å². The molecular weight excluding hydrogens is 1880 g/mol. The number of nitrogens with two attached hydrogens (primary N) is 4. The van der Waals surface area contributed by atoms with Gasteiger partial charge in [-0.05, 0) is 41.5 Å². The van der Waals surface area contributed by atoms with Crippen molar-refractivity contribution in [3.63, 3.8) is 0 Å². The first-order valence-corrected chi connectivity index (χ1v) is 45.6. The van der Waals surface area contributed by atoms with E-state index in [0.717, 1.165) is 65.2 Å². The summed E-state index contributed by atoms with van der Waals surface area (Å²) in [5.74, 6) is 2.31. The van der Waals surface area contributed by atoms with Gasteiger partial charge in [0.05, 0.1) is 119 Å². The number of nitrogens with zero attached hydrogens (tertiary/aromatic N) is 22. The number of rotatable bonds is 16. The zero-order chi connectivity index (χ0) is 98.5. The van der Waals surface area contributed by atoms with Crippen molar-refractivity contribution in [2.75, 3.05) is 246 Å². The second kappa shape index (κ2) is 44.1. The fraction of sp³-hybridized carbons (Fsp3) is 0.383. The number of alkyl halides is 12. The summed E-state index contributed by atoms with van der Waals surface area (Å²) in [5, 5.41) is 0.588. The molecule has 141 heavy (non-hydrogen) atoms. The van der Waals surface area contributed by atoms with Crippen LogP contribution in [0.4, 0.5) is 123 Å². The van der Waals surface area contributed by atoms with Crippen LogP contribution in [0.25, 0.3) is 45.0 Å². The molecule has 4 unspecified atom stereocenters. The third kappa shape index (κ3) is 24.7. The van der Waals surface area contributed by atoms with Crippen molar-refractivity contribution in [3.05, 3.63) is 226 Å². The Kier molecular flexibility index (Phi) is 30.9. The Morgan fingerprint density at radius 3 is 0.915 bits per heavy atom. The standard InChI is InChI=1S/C24H24ClF3N6O2.C24H25F3N6O2.2C23H24F3N7O2/c25-18-4-2-1-3-15(18)20-14-34(7-10-36-20)22-12-19(31-23(32-22)33-5-8-35-9-6-33)16-13-30-21(29)11-17(16)24(26,27)28;25-24(26,27)18-12-21(28)29-14-17(18)19-13-22(31-23(30-19)32-6-9-34-10-7-32)33-8-11-35-20(15-33)16-4-2-1-3-5-16;24-23(25,26)17-10-20(27)29-13-16(17)18-11-21(31-22(30-18)32-4-7-34-8-5-32)33-6-9-35-19(14-33)15-2-1-3-28-12-15;24-23(25,26)20-16(13-28-21(27)31-20)17-12-19(30-22(29-17)32-6-9-34-10-7-32)33-8-11-35-18(14-33)15-4-2-1-3-5-15/h1-4,11-13,20H,5-10,14H2,(H2,29,30);1-5,12-14,20H,6-11,15H2,(H2,28,29);1-3,10-13,19H,4-9,14H2,(H2,27,29);1-5,12-13,18H,6-11,14H2,(H2,27,28,31). The highest BCUT2D eigenvalue weighted by Gasteiger charge is 2.42. The maximum absolute atomic E-state index is 13.9. The minimum absolute atomic E-state index is 0.0755. The molecule has 34 nitrogen and oxygen atoms in total. The predicted octanol–water partition coefficient (Wildman–Crippen LogP) is 13.7. The van der Waals surface area contributed by atoms with E-state index in [1.165, 1.54) is 0 Å². The number of morpholine rings is 8. The molecule has 742 valence electrons. The van der Waals surface area contributed by atoms with Gasteiger partial charge in [0.1, 0.15) is 65.1 Å². The SMILES string of the molecule is Nc1cc(C(F)(F)F)c(-c2cc(N3CCOC(c4ccccc4)C3)nc(N3CCOCC3)n2)cn1.Nc1cc(C(F)(F)F)c(-c2cc(N3CCOC(c4ccccc4Cl)C3)nc(N3CCOCC3)n2)cn1.Nc1cc(C(F)(F)F)c(-c2cc(N3CCOC(c4cccnc4)C3)nc(N3CCOCC3)n2)cn1.Nc1ncc(-c2cc(N3CCOC(c4ccccc4)C3)nc(N3CCOCC3)n2)c(C(F)(F)F)n1. The van der Waals surface area contributed by atoms with E-state index in [1.54, 1.807) is 42.7 Å². The van der Waals surface area contributed by atoms with Crippen molar-refractivity contribution < 1.29 is 90.6 Å². The monoisotopic (exact) mass is 1980 g/mol. The average Bonchev–Trinajstić information content (AvgIpc) is 0.784. The zero-order valence-corrected chi connectivity index (χ0v) is 76.4. The maximum atomic E-state index is 13.9. The van der Waals surface area contributed by atoms with E-state index in [0.29, 0.717) is 236 Å². The van der Waals surface area contributed by atoms with Crippen LogP contribution in [0, 0.1) is 0 Å². The first-order chi connectivity index (χ1) is 67.9. The van der Waals surface area contributed by atoms with E-state index in [-0.39, 0.29) is 86.9 Å². The van der Waals surface area contributed by atoms with Gasteiger partial charge in [-0.2, -0.15) is 72.6 Å². The average molecular weight is 1980 g/mol. The Hall–Kier alpha value is -13.6. The molecule has 8 fully saturated rings. The van der Waals surface area contributed by atoms with Crippen LogP contribution >= 0.6 is 11.6 Å². The Bertz CT molecular complexity index is 5810. The lowest BCUT2D eigenvalue weighted by atomic mass is 10.1. The van der Waals surface area contributed by atoms with Crippen molar-refractivity contribution in [1.29, 1.82) is 0 Å². The lowest BCUT2D eigenvalue weighted by molar-refractivity contribution is -0.141. The largest absolute Gasteiger partial charge is 0.434 e. The molecule has 4 atom stereocenters. The van der Waals surface area contributed by atoms with Crippen LogP contribution in [0.1, 0.15) is 69.1 Å². The van der Waals surface area contributed by atoms with Gasteiger partial charge in [0.25, 0.3) is 0 Å². The van der Waals surface area contributed by atoms with Crippen LogP contribution in [-0.2, 0) is 62.6 Å². The first-order valence-electron chi connectivity index (χ1n) is 45.2. The quantitative estimate of drug-likeness (QED) is 0.0653. The van der Waals surface area contributed by atoms with E-state index >= 15 is 0 Å². The van der Waals surface area contributed by atoms with Gasteiger partial charge in [-0.1, -0.05) is 96.5 Å². The van der Waals surface area contributed by atoms with E-state index in [2.05, 4.69) is 49.8 Å². The van der Waals surface area contributed by atoms with Gasteiger partial charge in [0.15, 0.2) is 5.69 Å². The highest BCUT2D eigenvalue weighted by Crippen LogP contribution is 2.45. The molecule has 0 spiro atoms. The number of benzene rings is 3. The number of pyridine rings is 4. The summed E-state index contributed by atoms with van der Waals surface area (Å²) in [6.07, 6.45) is -11.7. The minimum atomic E-state index is -4.73. The van der Waals surface area contributed by atoms with E-state index < -0.39 is 53.0 Å². The van der Waals surface area contributed by atoms with E-state index in [9.17, 15) is 52.7 Å². The molecule has 8 N–H and O–H groups in total. The molecule has 0 amide bonds. The van der Waals surface area contributed by atoms with Gasteiger partial charge < -0.3 is 100 Å². The van der Waals surface area contributed by atoms with Gasteiger partial charge in [-0.15, -0.1) is 0 Å². The van der Waals surface area contributed by atoms with Crippen molar-refractivity contribution in [2.45, 2.75) is 49.1 Å². The minimum Gasteiger partial charge on any atom is -0.384 e. The van der Waals surface area contributed by atoms with Crippen molar-refractivity contribution in [3.8, 4) is 45.0 Å². The Labute approximate surface area is 805 Å². The Morgan fingerprint density at radius 1 is 0.291 bits per heavy atom. The van der Waals surface area contributed by atoms with Crippen LogP contribution < -0.4 is 62.1 Å². The number of ether oxygens (including phenoxy) is 8. The molecule has 0 saturated carbocycles. The maximum Gasteiger partial charge on any atom is 0.434 e. The molecule has 12 aromatic rings. The van der Waals surface area contributed by atoms with Crippen LogP contribution in [0.2, 0.25) is 5.02 Å². The smallest absolute Gasteiger partial charge is 0.384 e. The predicted molar refractivity (Wildman–Crippen MR) is 501 cm³/mol. The third-order valence-electron chi connectivity index (χ3n) is 24.1. The van der Waals surface area contributed by atoms with E-state index in [1.807, 2.05) is 130 Å². The van der Waals surface area contributed by atoms with Crippen LogP contribution in [-0.4, -0.2) is 254 Å². The third-order valence-corrected chi connectivity index (χ3v) is 24.4. The molecule has 8 aliphatic rings. The molecule has 0 aliphatic carbocycles. The molecule has 8 aliphatic heterocycles. The molecule has 8 saturated heterocycles. The summed E-state index contributed by atoms with van der Waals surface area (Å²) < 4.78 is 212. The number of anilines is 12. The molecule has 0 radical (unpaired) electrons. The fourth-order valence-electron chi connectivity index (χ4n) is 16.9. The summed E-state index contributed by atoms with van der Waals surface area (Å²) in [5.41, 5.74) is 21.9. The van der Waals surface area contributed by atoms with Gasteiger partial charge >= 0.3 is 24.7 Å². The summed E-state index contributed by atoms with van der Waals surface area (Å²) in [4.78, 5) is 75.8. The lowest BCUT2D eigenvalue weighted by Crippen LogP contribution is -2.40. The molecule has 17 heterocycles. The summed E-state index contributed by atoms with van der Waals surface area (Å²) in [6, 6.07) is 39.6. The molecule has 3 aromatic carbocycles. The molecule has 47 heteroatoms. The normalized spacial score (nSPS) is 19.1. The Morgan fingerprint density at radius 2 is 0.589 bits per heavy atom. The molecule has 0 bridgehead atoms.